The molecule has 0 aliphatic carbocycles. The summed E-state index contributed by atoms with van der Waals surface area (Å²) in [5, 5.41) is 14.8. The van der Waals surface area contributed by atoms with Crippen LogP contribution in [0.4, 0.5) is 5.69 Å². The van der Waals surface area contributed by atoms with Crippen molar-refractivity contribution in [3.63, 3.8) is 0 Å². The summed E-state index contributed by atoms with van der Waals surface area (Å²) in [5.41, 5.74) is 0.478. The van der Waals surface area contributed by atoms with Gasteiger partial charge in [-0.05, 0) is 36.1 Å². The minimum atomic E-state index is -4.03. The summed E-state index contributed by atoms with van der Waals surface area (Å²) in [7, 11) is -7.31. The average molecular weight is 573 g/mol. The van der Waals surface area contributed by atoms with Crippen molar-refractivity contribution in [1.29, 1.82) is 5.26 Å². The zero-order chi connectivity index (χ0) is 27.1. The van der Waals surface area contributed by atoms with Crippen molar-refractivity contribution in [1.82, 2.24) is 9.29 Å². The Balaban J connectivity index is 1.45. The van der Waals surface area contributed by atoms with E-state index in [9.17, 15) is 26.9 Å². The molecule has 3 aromatic rings. The summed E-state index contributed by atoms with van der Waals surface area (Å²) < 4.78 is 52.3. The van der Waals surface area contributed by atoms with Crippen LogP contribution in [-0.4, -0.2) is 55.8 Å². The van der Waals surface area contributed by atoms with Crippen molar-refractivity contribution in [2.75, 3.05) is 29.1 Å². The van der Waals surface area contributed by atoms with Crippen LogP contribution in [0.25, 0.3) is 10.8 Å². The number of hydrogen-bond donors (Lipinski definition) is 1. The van der Waals surface area contributed by atoms with Crippen LogP contribution < -0.4 is 5.32 Å². The maximum atomic E-state index is 13.6. The molecular weight excluding hydrogens is 548 g/mol. The molecule has 1 fully saturated rings. The Morgan fingerprint density at radius 3 is 2.66 bits per heavy atom. The SMILES string of the molecule is N#CC1(CS(=O)(=O)N2Cc3ccc(Cl)cc3[C@H](C(=O)Nc3cncc4ccccc34)C2)CCS(=O)(=O)CC1. The number of rotatable bonds is 5. The van der Waals surface area contributed by atoms with Gasteiger partial charge in [-0.1, -0.05) is 41.9 Å². The van der Waals surface area contributed by atoms with E-state index in [1.165, 1.54) is 4.31 Å². The number of amides is 1. The number of fused-ring (bicyclic) bond motifs is 2. The molecule has 38 heavy (non-hydrogen) atoms. The number of halogens is 1. The van der Waals surface area contributed by atoms with Gasteiger partial charge in [0.05, 0.1) is 46.5 Å². The Labute approximate surface area is 226 Å². The van der Waals surface area contributed by atoms with E-state index in [-0.39, 0.29) is 37.4 Å². The van der Waals surface area contributed by atoms with Crippen molar-refractivity contribution in [2.45, 2.75) is 25.3 Å². The first kappa shape index (κ1) is 26.6. The normalized spacial score (nSPS) is 20.8. The smallest absolute Gasteiger partial charge is 0.233 e. The molecule has 12 heteroatoms. The van der Waals surface area contributed by atoms with Gasteiger partial charge in [0, 0.05) is 35.1 Å². The molecule has 1 aromatic heterocycles. The molecule has 0 spiro atoms. The van der Waals surface area contributed by atoms with Gasteiger partial charge in [-0.25, -0.2) is 16.8 Å². The number of carbonyl (C=O) groups is 1. The zero-order valence-electron chi connectivity index (χ0n) is 20.3. The van der Waals surface area contributed by atoms with Crippen molar-refractivity contribution in [3.8, 4) is 6.07 Å². The number of nitrogens with zero attached hydrogens (tertiary/aromatic N) is 3. The number of sulfone groups is 1. The topological polar surface area (TPSA) is 137 Å². The summed E-state index contributed by atoms with van der Waals surface area (Å²) >= 11 is 6.24. The Morgan fingerprint density at radius 2 is 1.92 bits per heavy atom. The molecule has 1 N–H and O–H groups in total. The second-order valence-corrected chi connectivity index (χ2v) is 14.6. The van der Waals surface area contributed by atoms with Gasteiger partial charge >= 0.3 is 0 Å². The molecule has 0 radical (unpaired) electrons. The van der Waals surface area contributed by atoms with Crippen LogP contribution >= 0.6 is 11.6 Å². The van der Waals surface area contributed by atoms with Gasteiger partial charge in [-0.2, -0.15) is 9.57 Å². The Bertz CT molecular complexity index is 1670. The molecule has 1 amide bonds. The number of benzene rings is 2. The maximum absolute atomic E-state index is 13.6. The third-order valence-corrected chi connectivity index (χ3v) is 11.2. The molecule has 2 aliphatic rings. The van der Waals surface area contributed by atoms with E-state index in [4.69, 9.17) is 11.6 Å². The van der Waals surface area contributed by atoms with Gasteiger partial charge in [-0.15, -0.1) is 0 Å². The molecule has 198 valence electrons. The van der Waals surface area contributed by atoms with E-state index in [0.717, 1.165) is 10.8 Å². The molecule has 3 heterocycles. The predicted octanol–water partition coefficient (Wildman–Crippen LogP) is 3.47. The lowest BCUT2D eigenvalue weighted by Gasteiger charge is -2.36. The summed E-state index contributed by atoms with van der Waals surface area (Å²) in [6.45, 7) is -0.117. The van der Waals surface area contributed by atoms with Gasteiger partial charge in [0.1, 0.15) is 9.84 Å². The second-order valence-electron chi connectivity index (χ2n) is 9.89. The molecular formula is C26H25ClN4O5S2. The molecule has 9 nitrogen and oxygen atoms in total. The number of sulfonamides is 1. The average Bonchev–Trinajstić information content (AvgIpc) is 2.89. The Kier molecular flexibility index (Phi) is 6.94. The number of pyridine rings is 1. The summed E-state index contributed by atoms with van der Waals surface area (Å²) in [5.74, 6) is -2.22. The summed E-state index contributed by atoms with van der Waals surface area (Å²) in [4.78, 5) is 17.8. The van der Waals surface area contributed by atoms with Crippen LogP contribution in [0, 0.1) is 16.7 Å². The molecule has 0 unspecified atom stereocenters. The highest BCUT2D eigenvalue weighted by Gasteiger charge is 2.44. The van der Waals surface area contributed by atoms with Gasteiger partial charge in [0.25, 0.3) is 0 Å². The van der Waals surface area contributed by atoms with Crippen LogP contribution in [0.1, 0.15) is 29.9 Å². The third kappa shape index (κ3) is 5.27. The fourth-order valence-electron chi connectivity index (χ4n) is 5.12. The lowest BCUT2D eigenvalue weighted by atomic mass is 9.86. The van der Waals surface area contributed by atoms with E-state index in [0.29, 0.717) is 21.8 Å². The van der Waals surface area contributed by atoms with Crippen LogP contribution in [0.5, 0.6) is 0 Å². The standard InChI is InChI=1S/C26H25ClN4O5S2/c27-20-6-5-19-14-31(38(35,36)17-26(16-28)7-9-37(33,34)10-8-26)15-23(22(19)11-20)25(32)30-24-13-29-12-18-3-1-2-4-21(18)24/h1-6,11-13,23H,7-10,14-15,17H2,(H,30,32)/t23-/m1/s1. The largest absolute Gasteiger partial charge is 0.324 e. The fourth-order valence-corrected chi connectivity index (χ4v) is 8.85. The fraction of sp³-hybridized carbons (Fsp3) is 0.346. The highest BCUT2D eigenvalue weighted by Crippen LogP contribution is 2.38. The highest BCUT2D eigenvalue weighted by atomic mass is 35.5. The number of nitriles is 1. The molecule has 5 rings (SSSR count). The quantitative estimate of drug-likeness (QED) is 0.494. The predicted molar refractivity (Wildman–Crippen MR) is 145 cm³/mol. The summed E-state index contributed by atoms with van der Waals surface area (Å²) in [6.07, 6.45) is 3.16. The van der Waals surface area contributed by atoms with Crippen molar-refractivity contribution in [2.24, 2.45) is 5.41 Å². The van der Waals surface area contributed by atoms with Gasteiger partial charge < -0.3 is 5.32 Å². The molecule has 2 aromatic carbocycles. The Hall–Kier alpha value is -3.04. The number of anilines is 1. The van der Waals surface area contributed by atoms with E-state index in [2.05, 4.69) is 16.4 Å². The van der Waals surface area contributed by atoms with Gasteiger partial charge in [-0.3, -0.25) is 9.78 Å². The number of aromatic nitrogens is 1. The lowest BCUT2D eigenvalue weighted by Crippen LogP contribution is -2.47. The first-order chi connectivity index (χ1) is 18.0. The van der Waals surface area contributed by atoms with E-state index in [1.54, 1.807) is 30.6 Å². The first-order valence-electron chi connectivity index (χ1n) is 12.0. The second kappa shape index (κ2) is 9.93. The van der Waals surface area contributed by atoms with Crippen molar-refractivity contribution in [3.05, 3.63) is 71.0 Å². The zero-order valence-corrected chi connectivity index (χ0v) is 22.7. The molecule has 0 bridgehead atoms. The van der Waals surface area contributed by atoms with E-state index < -0.39 is 42.9 Å². The number of hydrogen-bond acceptors (Lipinski definition) is 7. The molecule has 1 saturated heterocycles. The minimum absolute atomic E-state index is 0.0221. The van der Waals surface area contributed by atoms with Crippen molar-refractivity contribution >= 4 is 53.8 Å². The third-order valence-electron chi connectivity index (χ3n) is 7.33. The minimum Gasteiger partial charge on any atom is -0.324 e. The first-order valence-corrected chi connectivity index (χ1v) is 15.8. The van der Waals surface area contributed by atoms with Crippen LogP contribution in [0.2, 0.25) is 5.02 Å². The lowest BCUT2D eigenvalue weighted by molar-refractivity contribution is -0.118. The van der Waals surface area contributed by atoms with Crippen LogP contribution in [-0.2, 0) is 31.2 Å². The molecule has 0 saturated carbocycles. The van der Waals surface area contributed by atoms with E-state index in [1.807, 2.05) is 24.3 Å². The van der Waals surface area contributed by atoms with Crippen LogP contribution in [0.15, 0.2) is 54.9 Å². The van der Waals surface area contributed by atoms with Crippen LogP contribution in [0.3, 0.4) is 0 Å². The summed E-state index contributed by atoms with van der Waals surface area (Å²) in [6, 6.07) is 14.6. The maximum Gasteiger partial charge on any atom is 0.233 e. The Morgan fingerprint density at radius 1 is 1.18 bits per heavy atom. The highest BCUT2D eigenvalue weighted by molar-refractivity contribution is 7.91. The molecule has 1 atom stereocenters. The monoisotopic (exact) mass is 572 g/mol. The van der Waals surface area contributed by atoms with E-state index >= 15 is 0 Å². The number of nitrogens with one attached hydrogen (secondary N) is 1. The van der Waals surface area contributed by atoms with Gasteiger partial charge in [0.2, 0.25) is 15.9 Å². The number of carbonyl (C=O) groups excluding carboxylic acids is 1. The van der Waals surface area contributed by atoms with Crippen molar-refractivity contribution < 1.29 is 21.6 Å². The molecule has 2 aliphatic heterocycles. The van der Waals surface area contributed by atoms with Gasteiger partial charge in [0.15, 0.2) is 0 Å².